The first-order valence-corrected chi connectivity index (χ1v) is 6.91. The lowest BCUT2D eigenvalue weighted by Gasteiger charge is -2.22. The van der Waals surface area contributed by atoms with Crippen molar-refractivity contribution in [2.75, 3.05) is 6.54 Å². The maximum Gasteiger partial charge on any atom is 0.106 e. The van der Waals surface area contributed by atoms with Gasteiger partial charge >= 0.3 is 0 Å². The second-order valence-electron chi connectivity index (χ2n) is 5.16. The smallest absolute Gasteiger partial charge is 0.106 e. The Morgan fingerprint density at radius 2 is 1.74 bits per heavy atom. The molecule has 1 N–H and O–H groups in total. The van der Waals surface area contributed by atoms with Gasteiger partial charge in [-0.1, -0.05) is 25.1 Å². The first-order valence-electron chi connectivity index (χ1n) is 6.91. The number of furan rings is 1. The summed E-state index contributed by atoms with van der Waals surface area (Å²) in [4.78, 5) is 0. The van der Waals surface area contributed by atoms with Crippen molar-refractivity contribution in [3.63, 3.8) is 0 Å². The average Bonchev–Trinajstić information content (AvgIpc) is 2.67. The van der Waals surface area contributed by atoms with Gasteiger partial charge in [0.2, 0.25) is 0 Å². The lowest BCUT2D eigenvalue weighted by Crippen LogP contribution is -2.23. The van der Waals surface area contributed by atoms with Crippen LogP contribution in [0.25, 0.3) is 0 Å². The molecule has 1 unspecified atom stereocenters. The maximum atomic E-state index is 5.70. The monoisotopic (exact) mass is 257 g/mol. The van der Waals surface area contributed by atoms with Crippen molar-refractivity contribution in [3.05, 3.63) is 58.0 Å². The van der Waals surface area contributed by atoms with Gasteiger partial charge in [-0.05, 0) is 57.0 Å². The Labute approximate surface area is 115 Å². The molecule has 0 aliphatic carbocycles. The van der Waals surface area contributed by atoms with E-state index in [1.807, 2.05) is 13.8 Å². The highest BCUT2D eigenvalue weighted by Crippen LogP contribution is 2.31. The quantitative estimate of drug-likeness (QED) is 0.887. The van der Waals surface area contributed by atoms with E-state index < -0.39 is 0 Å². The van der Waals surface area contributed by atoms with Crippen molar-refractivity contribution >= 4 is 0 Å². The standard InChI is InChI=1S/C17H23NO/c1-6-18-17(15-10-13(4)19-14(15)5)16-11(2)8-7-9-12(16)3/h7-10,17-18H,6H2,1-5H3. The van der Waals surface area contributed by atoms with Crippen molar-refractivity contribution in [2.45, 2.75) is 40.7 Å². The summed E-state index contributed by atoms with van der Waals surface area (Å²) < 4.78 is 5.70. The molecule has 102 valence electrons. The molecule has 2 rings (SSSR count). The first-order chi connectivity index (χ1) is 9.04. The van der Waals surface area contributed by atoms with Gasteiger partial charge in [0.15, 0.2) is 0 Å². The van der Waals surface area contributed by atoms with Gasteiger partial charge in [0.05, 0.1) is 6.04 Å². The molecule has 19 heavy (non-hydrogen) atoms. The van der Waals surface area contributed by atoms with E-state index in [0.29, 0.717) is 0 Å². The number of rotatable bonds is 4. The van der Waals surface area contributed by atoms with E-state index in [1.165, 1.54) is 22.3 Å². The molecule has 0 spiro atoms. The highest BCUT2D eigenvalue weighted by Gasteiger charge is 2.21. The van der Waals surface area contributed by atoms with Crippen LogP contribution in [-0.4, -0.2) is 6.54 Å². The van der Waals surface area contributed by atoms with Crippen LogP contribution in [0, 0.1) is 27.7 Å². The molecule has 0 radical (unpaired) electrons. The third kappa shape index (κ3) is 2.74. The fourth-order valence-corrected chi connectivity index (χ4v) is 2.79. The molecule has 0 amide bonds. The van der Waals surface area contributed by atoms with Crippen molar-refractivity contribution in [1.29, 1.82) is 0 Å². The third-order valence-electron chi connectivity index (χ3n) is 3.63. The first kappa shape index (κ1) is 13.9. The van der Waals surface area contributed by atoms with Crippen LogP contribution in [0.15, 0.2) is 28.7 Å². The van der Waals surface area contributed by atoms with Crippen LogP contribution < -0.4 is 5.32 Å². The second kappa shape index (κ2) is 5.62. The van der Waals surface area contributed by atoms with Crippen LogP contribution in [0.4, 0.5) is 0 Å². The zero-order chi connectivity index (χ0) is 14.0. The van der Waals surface area contributed by atoms with E-state index in [4.69, 9.17) is 4.42 Å². The van der Waals surface area contributed by atoms with E-state index in [-0.39, 0.29) is 6.04 Å². The predicted octanol–water partition coefficient (Wildman–Crippen LogP) is 4.21. The summed E-state index contributed by atoms with van der Waals surface area (Å²) >= 11 is 0. The molecule has 0 aliphatic heterocycles. The van der Waals surface area contributed by atoms with Crippen LogP contribution in [0.1, 0.15) is 46.7 Å². The molecule has 0 fully saturated rings. The molecule has 2 aromatic rings. The van der Waals surface area contributed by atoms with Crippen LogP contribution in [0.5, 0.6) is 0 Å². The molecule has 1 aromatic heterocycles. The molecule has 1 atom stereocenters. The number of aryl methyl sites for hydroxylation is 4. The van der Waals surface area contributed by atoms with Crippen LogP contribution in [0.2, 0.25) is 0 Å². The minimum atomic E-state index is 0.212. The molecule has 2 heteroatoms. The summed E-state index contributed by atoms with van der Waals surface area (Å²) in [6.45, 7) is 11.5. The molecule has 0 saturated heterocycles. The van der Waals surface area contributed by atoms with Gasteiger partial charge in [-0.2, -0.15) is 0 Å². The molecule has 1 heterocycles. The second-order valence-corrected chi connectivity index (χ2v) is 5.16. The lowest BCUT2D eigenvalue weighted by molar-refractivity contribution is 0.494. The predicted molar refractivity (Wildman–Crippen MR) is 79.6 cm³/mol. The van der Waals surface area contributed by atoms with Crippen LogP contribution in [0.3, 0.4) is 0 Å². The average molecular weight is 257 g/mol. The molecule has 0 aliphatic rings. The highest BCUT2D eigenvalue weighted by molar-refractivity contribution is 5.43. The Morgan fingerprint density at radius 1 is 1.11 bits per heavy atom. The maximum absolute atomic E-state index is 5.70. The van der Waals surface area contributed by atoms with E-state index in [9.17, 15) is 0 Å². The summed E-state index contributed by atoms with van der Waals surface area (Å²) in [6.07, 6.45) is 0. The van der Waals surface area contributed by atoms with Gasteiger partial charge in [0.1, 0.15) is 11.5 Å². The van der Waals surface area contributed by atoms with Crippen molar-refractivity contribution < 1.29 is 4.42 Å². The van der Waals surface area contributed by atoms with Gasteiger partial charge in [0, 0.05) is 5.56 Å². The molecule has 0 saturated carbocycles. The summed E-state index contributed by atoms with van der Waals surface area (Å²) in [5.74, 6) is 1.98. The summed E-state index contributed by atoms with van der Waals surface area (Å²) in [5, 5.41) is 3.59. The zero-order valence-electron chi connectivity index (χ0n) is 12.5. The fourth-order valence-electron chi connectivity index (χ4n) is 2.79. The Balaban J connectivity index is 2.54. The van der Waals surface area contributed by atoms with E-state index in [1.54, 1.807) is 0 Å². The molecule has 2 nitrogen and oxygen atoms in total. The summed E-state index contributed by atoms with van der Waals surface area (Å²) in [5.41, 5.74) is 5.26. The summed E-state index contributed by atoms with van der Waals surface area (Å²) in [7, 11) is 0. The Bertz CT molecular complexity index is 548. The van der Waals surface area contributed by atoms with Gasteiger partial charge < -0.3 is 9.73 Å². The molecule has 1 aromatic carbocycles. The van der Waals surface area contributed by atoms with Crippen molar-refractivity contribution in [3.8, 4) is 0 Å². The minimum Gasteiger partial charge on any atom is -0.466 e. The van der Waals surface area contributed by atoms with E-state index >= 15 is 0 Å². The topological polar surface area (TPSA) is 25.2 Å². The number of nitrogens with one attached hydrogen (secondary N) is 1. The zero-order valence-corrected chi connectivity index (χ0v) is 12.5. The van der Waals surface area contributed by atoms with E-state index in [0.717, 1.165) is 18.1 Å². The minimum absolute atomic E-state index is 0.212. The Hall–Kier alpha value is -1.54. The number of hydrogen-bond donors (Lipinski definition) is 1. The van der Waals surface area contributed by atoms with E-state index in [2.05, 4.69) is 50.4 Å². The Morgan fingerprint density at radius 3 is 2.21 bits per heavy atom. The number of benzene rings is 1. The normalized spacial score (nSPS) is 12.7. The molecular formula is C17H23NO. The SMILES string of the molecule is CCNC(c1cc(C)oc1C)c1c(C)cccc1C. The third-order valence-corrected chi connectivity index (χ3v) is 3.63. The Kier molecular flexibility index (Phi) is 4.11. The van der Waals surface area contributed by atoms with Gasteiger partial charge in [-0.25, -0.2) is 0 Å². The van der Waals surface area contributed by atoms with Crippen LogP contribution in [-0.2, 0) is 0 Å². The fraction of sp³-hybridized carbons (Fsp3) is 0.412. The van der Waals surface area contributed by atoms with Crippen LogP contribution >= 0.6 is 0 Å². The molecule has 0 bridgehead atoms. The van der Waals surface area contributed by atoms with Crippen molar-refractivity contribution in [1.82, 2.24) is 5.32 Å². The number of hydrogen-bond acceptors (Lipinski definition) is 2. The lowest BCUT2D eigenvalue weighted by atomic mass is 9.91. The van der Waals surface area contributed by atoms with Crippen molar-refractivity contribution in [2.24, 2.45) is 0 Å². The van der Waals surface area contributed by atoms with Gasteiger partial charge in [0.25, 0.3) is 0 Å². The summed E-state index contributed by atoms with van der Waals surface area (Å²) in [6, 6.07) is 8.83. The van der Waals surface area contributed by atoms with Gasteiger partial charge in [-0.3, -0.25) is 0 Å². The highest BCUT2D eigenvalue weighted by atomic mass is 16.3. The van der Waals surface area contributed by atoms with Gasteiger partial charge in [-0.15, -0.1) is 0 Å². The largest absolute Gasteiger partial charge is 0.466 e. The molecular weight excluding hydrogens is 234 g/mol.